The van der Waals surface area contributed by atoms with E-state index < -0.39 is 5.97 Å². The van der Waals surface area contributed by atoms with Crippen molar-refractivity contribution >= 4 is 11.9 Å². The first-order chi connectivity index (χ1) is 10.6. The lowest BCUT2D eigenvalue weighted by Crippen LogP contribution is -2.09. The van der Waals surface area contributed by atoms with E-state index in [-0.39, 0.29) is 5.97 Å². The molecule has 0 saturated carbocycles. The fourth-order valence-electron chi connectivity index (χ4n) is 1.96. The minimum Gasteiger partial charge on any atom is -0.465 e. The highest BCUT2D eigenvalue weighted by Gasteiger charge is 2.08. The Labute approximate surface area is 129 Å². The number of aryl methyl sites for hydroxylation is 2. The van der Waals surface area contributed by atoms with Crippen molar-refractivity contribution in [2.24, 2.45) is 0 Å². The van der Waals surface area contributed by atoms with Gasteiger partial charge in [-0.1, -0.05) is 29.8 Å². The molecule has 0 aliphatic carbocycles. The number of methoxy groups -OCH3 is 1. The van der Waals surface area contributed by atoms with Gasteiger partial charge in [0.05, 0.1) is 12.7 Å². The van der Waals surface area contributed by atoms with E-state index in [1.54, 1.807) is 24.3 Å². The summed E-state index contributed by atoms with van der Waals surface area (Å²) in [6.07, 6.45) is 0.946. The SMILES string of the molecule is COC(=O)c1ccc(OC(=O)CCc2ccc(C)cc2)cc1. The predicted octanol–water partition coefficient (Wildman–Crippen LogP) is 3.32. The lowest BCUT2D eigenvalue weighted by Gasteiger charge is -2.05. The van der Waals surface area contributed by atoms with Crippen molar-refractivity contribution < 1.29 is 19.1 Å². The second kappa shape index (κ2) is 7.41. The topological polar surface area (TPSA) is 52.6 Å². The second-order valence-electron chi connectivity index (χ2n) is 4.98. The van der Waals surface area contributed by atoms with E-state index in [1.807, 2.05) is 31.2 Å². The molecule has 2 aromatic carbocycles. The van der Waals surface area contributed by atoms with Gasteiger partial charge < -0.3 is 9.47 Å². The summed E-state index contributed by atoms with van der Waals surface area (Å²) in [6.45, 7) is 2.02. The van der Waals surface area contributed by atoms with Gasteiger partial charge in [0.15, 0.2) is 0 Å². The number of hydrogen-bond donors (Lipinski definition) is 0. The largest absolute Gasteiger partial charge is 0.465 e. The summed E-state index contributed by atoms with van der Waals surface area (Å²) in [6, 6.07) is 14.3. The molecule has 0 radical (unpaired) electrons. The van der Waals surface area contributed by atoms with Crippen molar-refractivity contribution in [3.63, 3.8) is 0 Å². The molecule has 4 nitrogen and oxygen atoms in total. The van der Waals surface area contributed by atoms with Crippen molar-refractivity contribution in [3.05, 3.63) is 65.2 Å². The Morgan fingerprint density at radius 3 is 2.18 bits per heavy atom. The van der Waals surface area contributed by atoms with Gasteiger partial charge in [-0.3, -0.25) is 4.79 Å². The molecule has 2 rings (SSSR count). The smallest absolute Gasteiger partial charge is 0.337 e. The van der Waals surface area contributed by atoms with Gasteiger partial charge in [-0.05, 0) is 43.2 Å². The molecule has 0 saturated heterocycles. The third kappa shape index (κ3) is 4.45. The van der Waals surface area contributed by atoms with Crippen molar-refractivity contribution in [2.75, 3.05) is 7.11 Å². The van der Waals surface area contributed by atoms with Gasteiger partial charge in [-0.25, -0.2) is 4.79 Å². The van der Waals surface area contributed by atoms with E-state index in [4.69, 9.17) is 4.74 Å². The maximum Gasteiger partial charge on any atom is 0.337 e. The summed E-state index contributed by atoms with van der Waals surface area (Å²) in [5, 5.41) is 0. The first-order valence-electron chi connectivity index (χ1n) is 7.03. The van der Waals surface area contributed by atoms with Crippen LogP contribution in [-0.2, 0) is 16.0 Å². The molecule has 0 amide bonds. The van der Waals surface area contributed by atoms with Gasteiger partial charge in [0.25, 0.3) is 0 Å². The lowest BCUT2D eigenvalue weighted by atomic mass is 10.1. The first kappa shape index (κ1) is 15.8. The van der Waals surface area contributed by atoms with Crippen LogP contribution in [0.4, 0.5) is 0 Å². The molecule has 0 fully saturated rings. The van der Waals surface area contributed by atoms with E-state index in [0.29, 0.717) is 24.2 Å². The summed E-state index contributed by atoms with van der Waals surface area (Å²) < 4.78 is 9.84. The van der Waals surface area contributed by atoms with Crippen LogP contribution in [0.2, 0.25) is 0 Å². The van der Waals surface area contributed by atoms with Crippen LogP contribution in [0.3, 0.4) is 0 Å². The fourth-order valence-corrected chi connectivity index (χ4v) is 1.96. The summed E-state index contributed by atoms with van der Waals surface area (Å²) in [7, 11) is 1.32. The Balaban J connectivity index is 1.86. The molecular weight excluding hydrogens is 280 g/mol. The number of hydrogen-bond acceptors (Lipinski definition) is 4. The fraction of sp³-hybridized carbons (Fsp3) is 0.222. The number of benzene rings is 2. The van der Waals surface area contributed by atoms with Crippen LogP contribution in [0, 0.1) is 6.92 Å². The number of carbonyl (C=O) groups excluding carboxylic acids is 2. The van der Waals surface area contributed by atoms with Gasteiger partial charge >= 0.3 is 11.9 Å². The second-order valence-corrected chi connectivity index (χ2v) is 4.98. The summed E-state index contributed by atoms with van der Waals surface area (Å²) in [5.74, 6) is -0.301. The van der Waals surface area contributed by atoms with Crippen LogP contribution in [0.25, 0.3) is 0 Å². The lowest BCUT2D eigenvalue weighted by molar-refractivity contribution is -0.134. The summed E-state index contributed by atoms with van der Waals surface area (Å²) >= 11 is 0. The van der Waals surface area contributed by atoms with Crippen molar-refractivity contribution in [1.29, 1.82) is 0 Å². The average molecular weight is 298 g/mol. The Hall–Kier alpha value is -2.62. The molecule has 114 valence electrons. The zero-order chi connectivity index (χ0) is 15.9. The molecule has 0 N–H and O–H groups in total. The highest BCUT2D eigenvalue weighted by atomic mass is 16.5. The van der Waals surface area contributed by atoms with Crippen molar-refractivity contribution in [3.8, 4) is 5.75 Å². The number of carbonyl (C=O) groups is 2. The van der Waals surface area contributed by atoms with Gasteiger partial charge in [-0.15, -0.1) is 0 Å². The minimum absolute atomic E-state index is 0.300. The number of ether oxygens (including phenoxy) is 2. The molecule has 0 unspecified atom stereocenters. The third-order valence-corrected chi connectivity index (χ3v) is 3.25. The molecule has 22 heavy (non-hydrogen) atoms. The Morgan fingerprint density at radius 2 is 1.59 bits per heavy atom. The molecule has 0 bridgehead atoms. The zero-order valence-corrected chi connectivity index (χ0v) is 12.7. The van der Waals surface area contributed by atoms with Crippen LogP contribution in [0.5, 0.6) is 5.75 Å². The van der Waals surface area contributed by atoms with Crippen molar-refractivity contribution in [1.82, 2.24) is 0 Å². The molecule has 0 aliphatic rings. The zero-order valence-electron chi connectivity index (χ0n) is 12.7. The maximum absolute atomic E-state index is 11.8. The maximum atomic E-state index is 11.8. The summed E-state index contributed by atoms with van der Waals surface area (Å²) in [5.41, 5.74) is 2.71. The molecule has 0 aromatic heterocycles. The monoisotopic (exact) mass is 298 g/mol. The molecule has 0 aliphatic heterocycles. The standard InChI is InChI=1S/C18H18O4/c1-13-3-5-14(6-4-13)7-12-17(19)22-16-10-8-15(9-11-16)18(20)21-2/h3-6,8-11H,7,12H2,1-2H3. The number of rotatable bonds is 5. The number of esters is 2. The highest BCUT2D eigenvalue weighted by molar-refractivity contribution is 5.89. The molecule has 2 aromatic rings. The Kier molecular flexibility index (Phi) is 5.31. The molecule has 0 heterocycles. The van der Waals surface area contributed by atoms with Crippen molar-refractivity contribution in [2.45, 2.75) is 19.8 Å². The van der Waals surface area contributed by atoms with E-state index >= 15 is 0 Å². The molecule has 0 atom stereocenters. The van der Waals surface area contributed by atoms with Gasteiger partial charge in [-0.2, -0.15) is 0 Å². The highest BCUT2D eigenvalue weighted by Crippen LogP contribution is 2.14. The minimum atomic E-state index is -0.419. The van der Waals surface area contributed by atoms with E-state index in [9.17, 15) is 9.59 Å². The van der Waals surface area contributed by atoms with E-state index in [1.165, 1.54) is 12.7 Å². The normalized spacial score (nSPS) is 10.1. The first-order valence-corrected chi connectivity index (χ1v) is 7.03. The molecular formula is C18H18O4. The third-order valence-electron chi connectivity index (χ3n) is 3.25. The van der Waals surface area contributed by atoms with Crippen LogP contribution < -0.4 is 4.74 Å². The quantitative estimate of drug-likeness (QED) is 0.627. The van der Waals surface area contributed by atoms with Gasteiger partial charge in [0, 0.05) is 6.42 Å². The van der Waals surface area contributed by atoms with E-state index in [0.717, 1.165) is 5.56 Å². The molecule has 0 spiro atoms. The van der Waals surface area contributed by atoms with E-state index in [2.05, 4.69) is 4.74 Å². The predicted molar refractivity (Wildman–Crippen MR) is 82.9 cm³/mol. The van der Waals surface area contributed by atoms with Crippen LogP contribution in [-0.4, -0.2) is 19.0 Å². The molecule has 4 heteroatoms. The van der Waals surface area contributed by atoms with Crippen LogP contribution in [0.15, 0.2) is 48.5 Å². The average Bonchev–Trinajstić information content (AvgIpc) is 2.54. The van der Waals surface area contributed by atoms with Gasteiger partial charge in [0.1, 0.15) is 5.75 Å². The van der Waals surface area contributed by atoms with Crippen LogP contribution >= 0.6 is 0 Å². The van der Waals surface area contributed by atoms with Crippen LogP contribution in [0.1, 0.15) is 27.9 Å². The Morgan fingerprint density at radius 1 is 0.955 bits per heavy atom. The summed E-state index contributed by atoms with van der Waals surface area (Å²) in [4.78, 5) is 23.1. The Bertz CT molecular complexity index is 642. The van der Waals surface area contributed by atoms with Gasteiger partial charge in [0.2, 0.25) is 0 Å².